The van der Waals surface area contributed by atoms with Crippen molar-refractivity contribution in [1.29, 1.82) is 0 Å². The molecule has 3 rings (SSSR count). The van der Waals surface area contributed by atoms with Crippen LogP contribution < -0.4 is 10.6 Å². The molecule has 1 atom stereocenters. The van der Waals surface area contributed by atoms with Gasteiger partial charge in [0.25, 0.3) is 11.8 Å². The van der Waals surface area contributed by atoms with Gasteiger partial charge in [-0.05, 0) is 75.6 Å². The summed E-state index contributed by atoms with van der Waals surface area (Å²) in [7, 11) is 0. The van der Waals surface area contributed by atoms with Gasteiger partial charge in [-0.15, -0.1) is 0 Å². The molecule has 0 aliphatic carbocycles. The van der Waals surface area contributed by atoms with E-state index in [1.807, 2.05) is 20.8 Å². The topological polar surface area (TPSA) is 78.5 Å². The first-order valence-corrected chi connectivity index (χ1v) is 11.4. The minimum atomic E-state index is -0.606. The Kier molecular flexibility index (Phi) is 7.47. The molecule has 0 aromatic heterocycles. The van der Waals surface area contributed by atoms with Gasteiger partial charge in [-0.3, -0.25) is 14.4 Å². The van der Waals surface area contributed by atoms with Gasteiger partial charge in [-0.25, -0.2) is 0 Å². The molecule has 1 unspecified atom stereocenters. The molecule has 1 saturated heterocycles. The van der Waals surface area contributed by atoms with Gasteiger partial charge in [-0.2, -0.15) is 0 Å². The summed E-state index contributed by atoms with van der Waals surface area (Å²) in [6.45, 7) is 6.40. The molecule has 170 valence electrons. The van der Waals surface area contributed by atoms with Crippen LogP contribution in [0.2, 0.25) is 10.0 Å². The highest BCUT2D eigenvalue weighted by Gasteiger charge is 2.35. The van der Waals surface area contributed by atoms with Crippen molar-refractivity contribution in [3.63, 3.8) is 0 Å². The Morgan fingerprint density at radius 1 is 1.09 bits per heavy atom. The Morgan fingerprint density at radius 2 is 1.78 bits per heavy atom. The first-order valence-electron chi connectivity index (χ1n) is 10.6. The van der Waals surface area contributed by atoms with Crippen LogP contribution in [0.4, 0.5) is 5.69 Å². The summed E-state index contributed by atoms with van der Waals surface area (Å²) < 4.78 is 0. The Hall–Kier alpha value is -2.57. The number of halogens is 2. The van der Waals surface area contributed by atoms with Crippen LogP contribution in [0.25, 0.3) is 0 Å². The molecule has 2 aromatic carbocycles. The zero-order valence-electron chi connectivity index (χ0n) is 18.4. The van der Waals surface area contributed by atoms with Gasteiger partial charge in [-0.1, -0.05) is 30.1 Å². The van der Waals surface area contributed by atoms with Crippen LogP contribution in [0.5, 0.6) is 0 Å². The largest absolute Gasteiger partial charge is 0.347 e. The molecule has 0 radical (unpaired) electrons. The summed E-state index contributed by atoms with van der Waals surface area (Å²) in [4.78, 5) is 39.9. The summed E-state index contributed by atoms with van der Waals surface area (Å²) in [6.07, 6.45) is 2.08. The van der Waals surface area contributed by atoms with Crippen molar-refractivity contribution >= 4 is 46.6 Å². The van der Waals surface area contributed by atoms with Crippen LogP contribution in [-0.2, 0) is 4.79 Å². The standard InChI is InChI=1S/C24H27Cl2N3O3/c1-4-24(2,3)28-21(30)15-7-10-17(11-8-15)27-22(31)20-6-5-13-29(20)23(32)18-14-16(25)9-12-19(18)26/h7-12,14,20H,4-6,13H2,1-3H3,(H,27,31)(H,28,30). The van der Waals surface area contributed by atoms with Gasteiger partial charge in [0.05, 0.1) is 10.6 Å². The number of benzene rings is 2. The van der Waals surface area contributed by atoms with E-state index in [9.17, 15) is 14.4 Å². The third kappa shape index (κ3) is 5.61. The summed E-state index contributed by atoms with van der Waals surface area (Å²) >= 11 is 12.2. The fourth-order valence-electron chi connectivity index (χ4n) is 3.50. The highest BCUT2D eigenvalue weighted by molar-refractivity contribution is 6.35. The summed E-state index contributed by atoms with van der Waals surface area (Å²) in [5.74, 6) is -0.764. The van der Waals surface area contributed by atoms with Crippen LogP contribution in [0.1, 0.15) is 60.7 Å². The molecule has 1 fully saturated rings. The minimum absolute atomic E-state index is 0.166. The van der Waals surface area contributed by atoms with Gasteiger partial charge in [0.2, 0.25) is 5.91 Å². The monoisotopic (exact) mass is 475 g/mol. The number of amides is 3. The van der Waals surface area contributed by atoms with E-state index in [-0.39, 0.29) is 28.8 Å². The Morgan fingerprint density at radius 3 is 2.44 bits per heavy atom. The molecule has 6 nitrogen and oxygen atoms in total. The van der Waals surface area contributed by atoms with Crippen molar-refractivity contribution in [2.75, 3.05) is 11.9 Å². The molecule has 0 spiro atoms. The molecule has 8 heteroatoms. The van der Waals surface area contributed by atoms with E-state index in [0.717, 1.165) is 6.42 Å². The second-order valence-electron chi connectivity index (χ2n) is 8.54. The van der Waals surface area contributed by atoms with Crippen LogP contribution in [0, 0.1) is 0 Å². The second kappa shape index (κ2) is 9.92. The number of hydrogen-bond acceptors (Lipinski definition) is 3. The molecule has 1 heterocycles. The second-order valence-corrected chi connectivity index (χ2v) is 9.38. The van der Waals surface area contributed by atoms with Gasteiger partial charge >= 0.3 is 0 Å². The molecule has 1 aliphatic rings. The van der Waals surface area contributed by atoms with Gasteiger partial charge in [0.15, 0.2) is 0 Å². The number of carbonyl (C=O) groups excluding carboxylic acids is 3. The van der Waals surface area contributed by atoms with Crippen molar-refractivity contribution in [3.05, 3.63) is 63.6 Å². The molecule has 2 N–H and O–H groups in total. The molecule has 2 aromatic rings. The number of nitrogens with one attached hydrogen (secondary N) is 2. The van der Waals surface area contributed by atoms with Crippen molar-refractivity contribution in [2.45, 2.75) is 51.6 Å². The van der Waals surface area contributed by atoms with Crippen molar-refractivity contribution in [3.8, 4) is 0 Å². The number of likely N-dealkylation sites (tertiary alicyclic amines) is 1. The maximum atomic E-state index is 13.0. The molecule has 3 amide bonds. The molecule has 0 bridgehead atoms. The predicted octanol–water partition coefficient (Wildman–Crippen LogP) is 5.16. The summed E-state index contributed by atoms with van der Waals surface area (Å²) in [5.41, 5.74) is 1.05. The summed E-state index contributed by atoms with van der Waals surface area (Å²) in [6, 6.07) is 10.8. The third-order valence-corrected chi connectivity index (χ3v) is 6.29. The van der Waals surface area contributed by atoms with Gasteiger partial charge in [0.1, 0.15) is 6.04 Å². The normalized spacial score (nSPS) is 16.0. The van der Waals surface area contributed by atoms with E-state index < -0.39 is 6.04 Å². The molecule has 1 aliphatic heterocycles. The van der Waals surface area contributed by atoms with Crippen LogP contribution in [0.3, 0.4) is 0 Å². The van der Waals surface area contributed by atoms with Crippen LogP contribution in [-0.4, -0.2) is 40.7 Å². The van der Waals surface area contributed by atoms with E-state index >= 15 is 0 Å². The summed E-state index contributed by atoms with van der Waals surface area (Å²) in [5, 5.41) is 6.53. The highest BCUT2D eigenvalue weighted by Crippen LogP contribution is 2.27. The SMILES string of the molecule is CCC(C)(C)NC(=O)c1ccc(NC(=O)C2CCCN2C(=O)c2cc(Cl)ccc2Cl)cc1. The fraction of sp³-hybridized carbons (Fsp3) is 0.375. The van der Waals surface area contributed by atoms with Gasteiger partial charge < -0.3 is 15.5 Å². The average Bonchev–Trinajstić information content (AvgIpc) is 3.25. The lowest BCUT2D eigenvalue weighted by Crippen LogP contribution is -2.43. The van der Waals surface area contributed by atoms with Gasteiger partial charge in [0, 0.05) is 28.4 Å². The number of hydrogen-bond donors (Lipinski definition) is 2. The first kappa shape index (κ1) is 24.1. The van der Waals surface area contributed by atoms with Crippen molar-refractivity contribution in [1.82, 2.24) is 10.2 Å². The maximum Gasteiger partial charge on any atom is 0.256 e. The number of carbonyl (C=O) groups is 3. The van der Waals surface area contributed by atoms with E-state index in [1.54, 1.807) is 36.4 Å². The lowest BCUT2D eigenvalue weighted by atomic mass is 10.0. The quantitative estimate of drug-likeness (QED) is 0.605. The van der Waals surface area contributed by atoms with E-state index in [1.165, 1.54) is 11.0 Å². The zero-order valence-corrected chi connectivity index (χ0v) is 19.9. The fourth-order valence-corrected chi connectivity index (χ4v) is 3.87. The number of anilines is 1. The molecular weight excluding hydrogens is 449 g/mol. The lowest BCUT2D eigenvalue weighted by molar-refractivity contribution is -0.119. The zero-order chi connectivity index (χ0) is 23.5. The Labute approximate surface area is 198 Å². The Balaban J connectivity index is 1.68. The number of nitrogens with zero attached hydrogens (tertiary/aromatic N) is 1. The van der Waals surface area contributed by atoms with Crippen molar-refractivity contribution in [2.24, 2.45) is 0 Å². The Bertz CT molecular complexity index is 1020. The average molecular weight is 476 g/mol. The lowest BCUT2D eigenvalue weighted by Gasteiger charge is -2.25. The highest BCUT2D eigenvalue weighted by atomic mass is 35.5. The van der Waals surface area contributed by atoms with E-state index in [4.69, 9.17) is 23.2 Å². The van der Waals surface area contributed by atoms with E-state index in [2.05, 4.69) is 10.6 Å². The number of rotatable bonds is 6. The first-order chi connectivity index (χ1) is 15.1. The van der Waals surface area contributed by atoms with Crippen LogP contribution in [0.15, 0.2) is 42.5 Å². The van der Waals surface area contributed by atoms with E-state index in [0.29, 0.717) is 40.7 Å². The third-order valence-electron chi connectivity index (χ3n) is 5.73. The maximum absolute atomic E-state index is 13.0. The predicted molar refractivity (Wildman–Crippen MR) is 127 cm³/mol. The molecule has 32 heavy (non-hydrogen) atoms. The molecule has 0 saturated carbocycles. The van der Waals surface area contributed by atoms with Crippen molar-refractivity contribution < 1.29 is 14.4 Å². The molecular formula is C24H27Cl2N3O3. The minimum Gasteiger partial charge on any atom is -0.347 e. The van der Waals surface area contributed by atoms with Crippen LogP contribution >= 0.6 is 23.2 Å². The smallest absolute Gasteiger partial charge is 0.256 e.